The van der Waals surface area contributed by atoms with Crippen LogP contribution < -0.4 is 0 Å². The molecule has 0 bridgehead atoms. The molecule has 0 aromatic carbocycles. The maximum atomic E-state index is 11.6. The summed E-state index contributed by atoms with van der Waals surface area (Å²) in [7, 11) is 0. The van der Waals surface area contributed by atoms with Gasteiger partial charge in [0.05, 0.1) is 11.2 Å². The summed E-state index contributed by atoms with van der Waals surface area (Å²) >= 11 is 3.03. The monoisotopic (exact) mass is 272 g/mol. The van der Waals surface area contributed by atoms with Crippen LogP contribution in [0.25, 0.3) is 0 Å². The Hall–Kier alpha value is -1.16. The Kier molecular flexibility index (Phi) is 6.62. The van der Waals surface area contributed by atoms with Crippen LogP contribution in [0.4, 0.5) is 0 Å². The average molecular weight is 273 g/mol. The number of carbonyl (C=O) groups is 2. The molecule has 3 nitrogen and oxygen atoms in total. The van der Waals surface area contributed by atoms with Crippen LogP contribution in [0.1, 0.15) is 13.3 Å². The summed E-state index contributed by atoms with van der Waals surface area (Å²) in [5, 5.41) is 8.52. The highest BCUT2D eigenvalue weighted by Gasteiger charge is 2.19. The van der Waals surface area contributed by atoms with Gasteiger partial charge in [-0.15, -0.1) is 0 Å². The number of carboxylic acid groups (broad SMARTS) is 1. The molecule has 0 aromatic heterocycles. The molecule has 0 aromatic rings. The molecular weight excluding hydrogens is 260 g/mol. The van der Waals surface area contributed by atoms with Crippen LogP contribution in [0.5, 0.6) is 0 Å². The molecule has 0 saturated carbocycles. The smallest absolute Gasteiger partial charge is 0.304 e. The van der Waals surface area contributed by atoms with Gasteiger partial charge in [0, 0.05) is 5.57 Å². The quantitative estimate of drug-likeness (QED) is 0.459. The number of hydrogen-bond donors (Lipinski definition) is 1. The number of rotatable bonds is 6. The van der Waals surface area contributed by atoms with E-state index in [2.05, 4.69) is 22.5 Å². The highest BCUT2D eigenvalue weighted by Crippen LogP contribution is 2.13. The Labute approximate surface area is 97.3 Å². The number of carboxylic acids is 1. The van der Waals surface area contributed by atoms with Gasteiger partial charge < -0.3 is 5.11 Å². The minimum absolute atomic E-state index is 0.236. The van der Waals surface area contributed by atoms with Crippen molar-refractivity contribution in [3.05, 3.63) is 36.5 Å². The van der Waals surface area contributed by atoms with Crippen molar-refractivity contribution in [1.82, 2.24) is 0 Å². The molecule has 1 atom stereocenters. The van der Waals surface area contributed by atoms with Crippen molar-refractivity contribution in [2.24, 2.45) is 0 Å². The molecule has 0 saturated heterocycles. The molecule has 0 aliphatic heterocycles. The van der Waals surface area contributed by atoms with Crippen molar-refractivity contribution in [2.45, 2.75) is 18.2 Å². The Morgan fingerprint density at radius 2 is 2.13 bits per heavy atom. The van der Waals surface area contributed by atoms with Gasteiger partial charge in [-0.25, -0.2) is 0 Å². The normalized spacial score (nSPS) is 13.9. The fraction of sp³-hybridized carbons (Fsp3) is 0.273. The molecular formula is C11H13BrO3. The van der Waals surface area contributed by atoms with Crippen LogP contribution >= 0.6 is 15.9 Å². The van der Waals surface area contributed by atoms with Gasteiger partial charge >= 0.3 is 5.97 Å². The fourth-order valence-corrected chi connectivity index (χ4v) is 1.42. The van der Waals surface area contributed by atoms with Gasteiger partial charge in [0.25, 0.3) is 0 Å². The largest absolute Gasteiger partial charge is 0.481 e. The zero-order valence-electron chi connectivity index (χ0n) is 8.44. The minimum Gasteiger partial charge on any atom is -0.481 e. The topological polar surface area (TPSA) is 54.4 Å². The number of allylic oxidation sites excluding steroid dienone is 5. The third-order valence-corrected chi connectivity index (χ3v) is 2.35. The Morgan fingerprint density at radius 1 is 1.53 bits per heavy atom. The summed E-state index contributed by atoms with van der Waals surface area (Å²) in [5.41, 5.74) is 0.399. The molecule has 0 aliphatic carbocycles. The zero-order valence-corrected chi connectivity index (χ0v) is 10.0. The highest BCUT2D eigenvalue weighted by atomic mass is 79.9. The van der Waals surface area contributed by atoms with Crippen molar-refractivity contribution < 1.29 is 14.7 Å². The van der Waals surface area contributed by atoms with E-state index in [1.807, 2.05) is 6.92 Å². The lowest BCUT2D eigenvalue weighted by atomic mass is 10.1. The van der Waals surface area contributed by atoms with Gasteiger partial charge in [-0.3, -0.25) is 9.59 Å². The van der Waals surface area contributed by atoms with Crippen LogP contribution in [-0.2, 0) is 9.59 Å². The Balaban J connectivity index is 4.65. The maximum Gasteiger partial charge on any atom is 0.304 e. The molecule has 15 heavy (non-hydrogen) atoms. The molecule has 0 radical (unpaired) electrons. The second-order valence-electron chi connectivity index (χ2n) is 2.78. The fourth-order valence-electron chi connectivity index (χ4n) is 0.878. The first kappa shape index (κ1) is 13.8. The van der Waals surface area contributed by atoms with Gasteiger partial charge in [-0.1, -0.05) is 46.8 Å². The molecule has 4 heteroatoms. The van der Waals surface area contributed by atoms with Gasteiger partial charge in [-0.2, -0.15) is 0 Å². The lowest BCUT2D eigenvalue weighted by Crippen LogP contribution is -2.19. The van der Waals surface area contributed by atoms with Crippen molar-refractivity contribution in [2.75, 3.05) is 0 Å². The van der Waals surface area contributed by atoms with Crippen LogP contribution in [-0.4, -0.2) is 21.7 Å². The van der Waals surface area contributed by atoms with E-state index in [1.165, 1.54) is 6.08 Å². The third kappa shape index (κ3) is 5.32. The number of carbonyl (C=O) groups excluding carboxylic acids is 1. The van der Waals surface area contributed by atoms with E-state index in [0.717, 1.165) is 0 Å². The minimum atomic E-state index is -1.01. The zero-order chi connectivity index (χ0) is 11.8. The molecule has 1 unspecified atom stereocenters. The van der Waals surface area contributed by atoms with E-state index in [9.17, 15) is 9.59 Å². The Bertz CT molecular complexity index is 316. The first-order chi connectivity index (χ1) is 7.02. The molecule has 0 spiro atoms. The number of ketones is 1. The van der Waals surface area contributed by atoms with E-state index < -0.39 is 10.8 Å². The van der Waals surface area contributed by atoms with Crippen LogP contribution in [0.2, 0.25) is 0 Å². The van der Waals surface area contributed by atoms with E-state index >= 15 is 0 Å². The summed E-state index contributed by atoms with van der Waals surface area (Å²) in [4.78, 5) is 21.3. The van der Waals surface area contributed by atoms with Crippen LogP contribution in [0.15, 0.2) is 36.5 Å². The second-order valence-corrected chi connectivity index (χ2v) is 3.89. The molecule has 0 fully saturated rings. The van der Waals surface area contributed by atoms with Crippen molar-refractivity contribution in [1.29, 1.82) is 0 Å². The molecule has 0 amide bonds. The number of Topliss-reactive ketones (excluding diaryl/α,β-unsaturated/α-hetero) is 1. The highest BCUT2D eigenvalue weighted by molar-refractivity contribution is 9.10. The first-order valence-electron chi connectivity index (χ1n) is 4.38. The summed E-state index contributed by atoms with van der Waals surface area (Å²) in [6, 6.07) is 0. The van der Waals surface area contributed by atoms with Crippen LogP contribution in [0, 0.1) is 0 Å². The predicted molar refractivity (Wildman–Crippen MR) is 63.1 cm³/mol. The predicted octanol–water partition coefficient (Wildman–Crippen LogP) is 2.48. The average Bonchev–Trinajstić information content (AvgIpc) is 2.17. The lowest BCUT2D eigenvalue weighted by molar-refractivity contribution is -0.137. The van der Waals surface area contributed by atoms with E-state index in [1.54, 1.807) is 18.2 Å². The van der Waals surface area contributed by atoms with Crippen molar-refractivity contribution in [3.63, 3.8) is 0 Å². The number of aliphatic carboxylic acids is 1. The van der Waals surface area contributed by atoms with E-state index in [4.69, 9.17) is 5.11 Å². The molecule has 0 aliphatic rings. The van der Waals surface area contributed by atoms with Gasteiger partial charge in [-0.05, 0) is 6.92 Å². The lowest BCUT2D eigenvalue weighted by Gasteiger charge is -2.05. The van der Waals surface area contributed by atoms with Gasteiger partial charge in [0.1, 0.15) is 0 Å². The SMILES string of the molecule is C=C/C(=C\C=C/C)C(=O)C(Br)CC(=O)O. The molecule has 1 N–H and O–H groups in total. The standard InChI is InChI=1S/C11H13BrO3/c1-3-5-6-8(4-2)11(15)9(12)7-10(13)14/h3-6,9H,2,7H2,1H3,(H,13,14)/b5-3-,8-6+. The summed E-state index contributed by atoms with van der Waals surface area (Å²) in [5.74, 6) is -1.29. The van der Waals surface area contributed by atoms with E-state index in [-0.39, 0.29) is 12.2 Å². The maximum absolute atomic E-state index is 11.6. The summed E-state index contributed by atoms with van der Waals surface area (Å²) in [6.45, 7) is 5.33. The number of hydrogen-bond acceptors (Lipinski definition) is 2. The summed E-state index contributed by atoms with van der Waals surface area (Å²) in [6.07, 6.45) is 6.26. The third-order valence-electron chi connectivity index (χ3n) is 1.61. The number of halogens is 1. The van der Waals surface area contributed by atoms with Crippen molar-refractivity contribution in [3.8, 4) is 0 Å². The van der Waals surface area contributed by atoms with Gasteiger partial charge in [0.2, 0.25) is 0 Å². The number of alkyl halides is 1. The molecule has 0 rings (SSSR count). The summed E-state index contributed by atoms with van der Waals surface area (Å²) < 4.78 is 0. The first-order valence-corrected chi connectivity index (χ1v) is 5.30. The molecule has 0 heterocycles. The van der Waals surface area contributed by atoms with E-state index in [0.29, 0.717) is 5.57 Å². The molecule has 82 valence electrons. The van der Waals surface area contributed by atoms with Gasteiger partial charge in [0.15, 0.2) is 5.78 Å². The Morgan fingerprint density at radius 3 is 2.53 bits per heavy atom. The van der Waals surface area contributed by atoms with Crippen molar-refractivity contribution >= 4 is 27.7 Å². The van der Waals surface area contributed by atoms with Crippen LogP contribution in [0.3, 0.4) is 0 Å². The second kappa shape index (κ2) is 7.17.